The van der Waals surface area contributed by atoms with Crippen LogP contribution < -0.4 is 0 Å². The Morgan fingerprint density at radius 2 is 1.63 bits per heavy atom. The van der Waals surface area contributed by atoms with Crippen molar-refractivity contribution in [2.75, 3.05) is 19.6 Å². The molecule has 0 aliphatic heterocycles. The lowest BCUT2D eigenvalue weighted by Crippen LogP contribution is -2.42. The minimum atomic E-state index is 0.272. The molecule has 3 unspecified atom stereocenters. The molecule has 0 aromatic heterocycles. The van der Waals surface area contributed by atoms with E-state index in [-0.39, 0.29) is 5.92 Å². The monoisotopic (exact) mass is 267 g/mol. The van der Waals surface area contributed by atoms with Gasteiger partial charge in [0.25, 0.3) is 0 Å². The number of nitrogens with zero attached hydrogens (tertiary/aromatic N) is 1. The Hall–Kier alpha value is -0.370. The van der Waals surface area contributed by atoms with Crippen LogP contribution in [0.4, 0.5) is 0 Å². The summed E-state index contributed by atoms with van der Waals surface area (Å²) < 4.78 is 0. The van der Waals surface area contributed by atoms with Gasteiger partial charge in [0.15, 0.2) is 0 Å². The molecule has 1 aliphatic carbocycles. The largest absolute Gasteiger partial charge is 0.302 e. The number of carbonyl (C=O) groups is 1. The smallest absolute Gasteiger partial charge is 0.137 e. The zero-order valence-corrected chi connectivity index (χ0v) is 13.8. The minimum Gasteiger partial charge on any atom is -0.302 e. The molecule has 0 spiro atoms. The molecule has 0 bridgehead atoms. The molecule has 1 aliphatic rings. The lowest BCUT2D eigenvalue weighted by Gasteiger charge is -2.36. The number of Topliss-reactive ketones (excluding diaryl/α,β-unsaturated/α-hetero) is 1. The van der Waals surface area contributed by atoms with Crippen LogP contribution in [0, 0.1) is 29.6 Å². The summed E-state index contributed by atoms with van der Waals surface area (Å²) in [6.07, 6.45) is 2.01. The van der Waals surface area contributed by atoms with E-state index in [1.54, 1.807) is 0 Å². The van der Waals surface area contributed by atoms with Crippen molar-refractivity contribution < 1.29 is 4.79 Å². The van der Waals surface area contributed by atoms with Crippen LogP contribution in [-0.2, 0) is 4.79 Å². The van der Waals surface area contributed by atoms with Crippen LogP contribution in [0.2, 0.25) is 0 Å². The van der Waals surface area contributed by atoms with Crippen molar-refractivity contribution in [3.8, 4) is 0 Å². The second-order valence-corrected chi connectivity index (χ2v) is 7.60. The van der Waals surface area contributed by atoms with E-state index in [2.05, 4.69) is 46.4 Å². The molecule has 2 heteroatoms. The lowest BCUT2D eigenvalue weighted by molar-refractivity contribution is -0.128. The second kappa shape index (κ2) is 7.42. The Morgan fingerprint density at radius 1 is 1.11 bits per heavy atom. The van der Waals surface area contributed by atoms with Gasteiger partial charge in [-0.05, 0) is 30.1 Å². The number of hydrogen-bond acceptors (Lipinski definition) is 2. The first-order valence-electron chi connectivity index (χ1n) is 8.04. The highest BCUT2D eigenvalue weighted by molar-refractivity contribution is 5.82. The molecule has 2 nitrogen and oxygen atoms in total. The molecule has 0 heterocycles. The van der Waals surface area contributed by atoms with Gasteiger partial charge in [-0.2, -0.15) is 0 Å². The summed E-state index contributed by atoms with van der Waals surface area (Å²) in [5.74, 6) is 3.26. The van der Waals surface area contributed by atoms with Crippen LogP contribution in [-0.4, -0.2) is 30.3 Å². The molecular formula is C17H33NO. The average molecular weight is 267 g/mol. The predicted molar refractivity (Wildman–Crippen MR) is 82.2 cm³/mol. The van der Waals surface area contributed by atoms with Crippen molar-refractivity contribution in [2.45, 2.75) is 54.4 Å². The average Bonchev–Trinajstić information content (AvgIpc) is 2.21. The summed E-state index contributed by atoms with van der Waals surface area (Å²) in [6.45, 7) is 16.7. The fourth-order valence-corrected chi connectivity index (χ4v) is 3.51. The quantitative estimate of drug-likeness (QED) is 0.728. The molecule has 19 heavy (non-hydrogen) atoms. The van der Waals surface area contributed by atoms with Gasteiger partial charge in [0.05, 0.1) is 0 Å². The highest BCUT2D eigenvalue weighted by Crippen LogP contribution is 2.31. The van der Waals surface area contributed by atoms with Gasteiger partial charge in [-0.3, -0.25) is 4.79 Å². The minimum absolute atomic E-state index is 0.272. The van der Waals surface area contributed by atoms with Crippen molar-refractivity contribution >= 4 is 5.78 Å². The third-order valence-electron chi connectivity index (χ3n) is 4.13. The first kappa shape index (κ1) is 16.7. The Labute approximate surface area is 119 Å². The SMILES string of the molecule is CC(C)CN(CC(C)C)CC1C(=O)CC(C)CC1C. The zero-order chi connectivity index (χ0) is 14.6. The topological polar surface area (TPSA) is 20.3 Å². The van der Waals surface area contributed by atoms with Crippen molar-refractivity contribution in [3.63, 3.8) is 0 Å². The van der Waals surface area contributed by atoms with Gasteiger partial charge < -0.3 is 4.90 Å². The van der Waals surface area contributed by atoms with E-state index in [9.17, 15) is 4.79 Å². The van der Waals surface area contributed by atoms with Gasteiger partial charge in [-0.1, -0.05) is 41.5 Å². The highest BCUT2D eigenvalue weighted by Gasteiger charge is 2.33. The Morgan fingerprint density at radius 3 is 2.05 bits per heavy atom. The molecule has 112 valence electrons. The first-order valence-corrected chi connectivity index (χ1v) is 8.04. The molecule has 0 saturated heterocycles. The highest BCUT2D eigenvalue weighted by atomic mass is 16.1. The van der Waals surface area contributed by atoms with E-state index in [0.717, 1.165) is 26.1 Å². The molecule has 3 atom stereocenters. The molecule has 1 saturated carbocycles. The van der Waals surface area contributed by atoms with E-state index in [4.69, 9.17) is 0 Å². The molecule has 0 aromatic rings. The third kappa shape index (κ3) is 5.64. The van der Waals surface area contributed by atoms with Gasteiger partial charge in [0.1, 0.15) is 5.78 Å². The lowest BCUT2D eigenvalue weighted by atomic mass is 9.74. The Bertz CT molecular complexity index is 275. The summed E-state index contributed by atoms with van der Waals surface area (Å²) in [4.78, 5) is 14.8. The van der Waals surface area contributed by atoms with E-state index in [1.807, 2.05) is 0 Å². The molecule has 0 N–H and O–H groups in total. The molecule has 0 aromatic carbocycles. The van der Waals surface area contributed by atoms with Crippen LogP contribution in [0.5, 0.6) is 0 Å². The summed E-state index contributed by atoms with van der Waals surface area (Å²) >= 11 is 0. The van der Waals surface area contributed by atoms with Crippen molar-refractivity contribution in [1.82, 2.24) is 4.90 Å². The fourth-order valence-electron chi connectivity index (χ4n) is 3.51. The molecular weight excluding hydrogens is 234 g/mol. The molecule has 1 fully saturated rings. The standard InChI is InChI=1S/C17H33NO/c1-12(2)9-18(10-13(3)4)11-16-15(6)7-14(5)8-17(16)19/h12-16H,7-11H2,1-6H3. The summed E-state index contributed by atoms with van der Waals surface area (Å²) in [6, 6.07) is 0. The van der Waals surface area contributed by atoms with Crippen LogP contribution in [0.3, 0.4) is 0 Å². The van der Waals surface area contributed by atoms with Crippen LogP contribution in [0.15, 0.2) is 0 Å². The second-order valence-electron chi connectivity index (χ2n) is 7.60. The van der Waals surface area contributed by atoms with Gasteiger partial charge >= 0.3 is 0 Å². The maximum atomic E-state index is 12.3. The Balaban J connectivity index is 2.63. The Kier molecular flexibility index (Phi) is 6.52. The fraction of sp³-hybridized carbons (Fsp3) is 0.941. The number of carbonyl (C=O) groups excluding carboxylic acids is 1. The van der Waals surface area contributed by atoms with Crippen molar-refractivity contribution in [1.29, 1.82) is 0 Å². The van der Waals surface area contributed by atoms with E-state index >= 15 is 0 Å². The number of hydrogen-bond donors (Lipinski definition) is 0. The van der Waals surface area contributed by atoms with Gasteiger partial charge in [-0.15, -0.1) is 0 Å². The zero-order valence-electron chi connectivity index (χ0n) is 13.8. The molecule has 0 radical (unpaired) electrons. The summed E-state index contributed by atoms with van der Waals surface area (Å²) in [5.41, 5.74) is 0. The van der Waals surface area contributed by atoms with E-state index < -0.39 is 0 Å². The molecule has 1 rings (SSSR count). The molecule has 0 amide bonds. The van der Waals surface area contributed by atoms with Gasteiger partial charge in [0, 0.05) is 32.0 Å². The predicted octanol–water partition coefficient (Wildman–Crippen LogP) is 3.85. The maximum Gasteiger partial charge on any atom is 0.137 e. The van der Waals surface area contributed by atoms with Crippen molar-refractivity contribution in [2.24, 2.45) is 29.6 Å². The summed E-state index contributed by atoms with van der Waals surface area (Å²) in [5, 5.41) is 0. The van der Waals surface area contributed by atoms with Crippen LogP contribution >= 0.6 is 0 Å². The maximum absolute atomic E-state index is 12.3. The third-order valence-corrected chi connectivity index (χ3v) is 4.13. The van der Waals surface area contributed by atoms with Gasteiger partial charge in [0.2, 0.25) is 0 Å². The van der Waals surface area contributed by atoms with E-state index in [1.165, 1.54) is 6.42 Å². The van der Waals surface area contributed by atoms with Crippen LogP contribution in [0.25, 0.3) is 0 Å². The van der Waals surface area contributed by atoms with E-state index in [0.29, 0.717) is 29.5 Å². The van der Waals surface area contributed by atoms with Gasteiger partial charge in [-0.25, -0.2) is 0 Å². The summed E-state index contributed by atoms with van der Waals surface area (Å²) in [7, 11) is 0. The van der Waals surface area contributed by atoms with Crippen molar-refractivity contribution in [3.05, 3.63) is 0 Å². The first-order chi connectivity index (χ1) is 8.79. The number of rotatable bonds is 6. The number of ketones is 1. The normalized spacial score (nSPS) is 28.7. The van der Waals surface area contributed by atoms with Crippen LogP contribution in [0.1, 0.15) is 54.4 Å².